The Kier molecular flexibility index (Phi) is 7.05. The van der Waals surface area contributed by atoms with Crippen LogP contribution in [0.3, 0.4) is 0 Å². The molecule has 0 bridgehead atoms. The van der Waals surface area contributed by atoms with Crippen LogP contribution in [-0.2, 0) is 9.59 Å². The van der Waals surface area contributed by atoms with Crippen LogP contribution in [0.2, 0.25) is 0 Å². The summed E-state index contributed by atoms with van der Waals surface area (Å²) in [5.74, 6) is 0.640. The third-order valence-electron chi connectivity index (χ3n) is 3.83. The lowest BCUT2D eigenvalue weighted by Crippen LogP contribution is -2.48. The van der Waals surface area contributed by atoms with Gasteiger partial charge in [0.05, 0.1) is 7.11 Å². The summed E-state index contributed by atoms with van der Waals surface area (Å²) in [5, 5.41) is 0. The zero-order valence-corrected chi connectivity index (χ0v) is 15.9. The average molecular weight is 372 g/mol. The Balaban J connectivity index is 1.81. The topological polar surface area (TPSA) is 85.9 Å². The van der Waals surface area contributed by atoms with E-state index in [1.165, 1.54) is 7.11 Å². The van der Waals surface area contributed by atoms with E-state index in [4.69, 9.17) is 14.2 Å². The lowest BCUT2D eigenvalue weighted by atomic mass is 10.1. The number of benzene rings is 2. The van der Waals surface area contributed by atoms with Crippen molar-refractivity contribution in [3.63, 3.8) is 0 Å². The van der Waals surface area contributed by atoms with Crippen molar-refractivity contribution in [1.82, 2.24) is 10.9 Å². The van der Waals surface area contributed by atoms with Gasteiger partial charge < -0.3 is 14.2 Å². The number of para-hydroxylation sites is 3. The highest BCUT2D eigenvalue weighted by atomic mass is 16.5. The number of carbonyl (C=O) groups is 2. The predicted octanol–water partition coefficient (Wildman–Crippen LogP) is 2.31. The minimum Gasteiger partial charge on any atom is -0.493 e. The van der Waals surface area contributed by atoms with Crippen LogP contribution in [-0.4, -0.2) is 31.6 Å². The van der Waals surface area contributed by atoms with Gasteiger partial charge in [-0.05, 0) is 44.0 Å². The van der Waals surface area contributed by atoms with Gasteiger partial charge in [0.1, 0.15) is 5.75 Å². The Morgan fingerprint density at radius 2 is 1.59 bits per heavy atom. The SMILES string of the molecule is COc1ccccc1OCC(=O)NNC(=O)[C@@H](C)Oc1c(C)cccc1C. The molecule has 2 aromatic carbocycles. The molecule has 1 atom stereocenters. The number of nitrogens with one attached hydrogen (secondary N) is 2. The van der Waals surface area contributed by atoms with Gasteiger partial charge >= 0.3 is 0 Å². The molecule has 2 amide bonds. The lowest BCUT2D eigenvalue weighted by Gasteiger charge is -2.18. The molecule has 2 aromatic rings. The van der Waals surface area contributed by atoms with Crippen molar-refractivity contribution in [2.24, 2.45) is 0 Å². The smallest absolute Gasteiger partial charge is 0.279 e. The zero-order chi connectivity index (χ0) is 19.8. The van der Waals surface area contributed by atoms with Crippen molar-refractivity contribution in [3.05, 3.63) is 53.6 Å². The second-order valence-electron chi connectivity index (χ2n) is 5.96. The van der Waals surface area contributed by atoms with Gasteiger partial charge in [0.25, 0.3) is 11.8 Å². The second kappa shape index (κ2) is 9.47. The van der Waals surface area contributed by atoms with Crippen molar-refractivity contribution in [1.29, 1.82) is 0 Å². The quantitative estimate of drug-likeness (QED) is 0.729. The maximum atomic E-state index is 12.1. The molecule has 0 saturated carbocycles. The molecule has 7 nitrogen and oxygen atoms in total. The highest BCUT2D eigenvalue weighted by Crippen LogP contribution is 2.25. The Morgan fingerprint density at radius 1 is 0.963 bits per heavy atom. The molecule has 0 saturated heterocycles. The van der Waals surface area contributed by atoms with Crippen LogP contribution in [0.1, 0.15) is 18.1 Å². The normalized spacial score (nSPS) is 11.3. The lowest BCUT2D eigenvalue weighted by molar-refractivity contribution is -0.133. The first-order chi connectivity index (χ1) is 12.9. The van der Waals surface area contributed by atoms with E-state index in [0.29, 0.717) is 17.2 Å². The van der Waals surface area contributed by atoms with E-state index >= 15 is 0 Å². The fraction of sp³-hybridized carbons (Fsp3) is 0.300. The van der Waals surface area contributed by atoms with E-state index in [1.54, 1.807) is 31.2 Å². The van der Waals surface area contributed by atoms with Crippen molar-refractivity contribution < 1.29 is 23.8 Å². The second-order valence-corrected chi connectivity index (χ2v) is 5.96. The van der Waals surface area contributed by atoms with E-state index in [1.807, 2.05) is 32.0 Å². The zero-order valence-electron chi connectivity index (χ0n) is 15.9. The minimum absolute atomic E-state index is 0.271. The van der Waals surface area contributed by atoms with Gasteiger partial charge in [-0.3, -0.25) is 20.4 Å². The molecule has 0 spiro atoms. The Labute approximate surface area is 158 Å². The van der Waals surface area contributed by atoms with Gasteiger partial charge in [-0.1, -0.05) is 30.3 Å². The van der Waals surface area contributed by atoms with Crippen molar-refractivity contribution in [2.45, 2.75) is 26.9 Å². The Morgan fingerprint density at radius 3 is 2.22 bits per heavy atom. The van der Waals surface area contributed by atoms with Gasteiger partial charge in [-0.15, -0.1) is 0 Å². The van der Waals surface area contributed by atoms with Crippen molar-refractivity contribution in [3.8, 4) is 17.2 Å². The number of rotatable bonds is 7. The molecule has 0 fully saturated rings. The molecular formula is C20H24N2O5. The van der Waals surface area contributed by atoms with Gasteiger partial charge in [-0.2, -0.15) is 0 Å². The maximum Gasteiger partial charge on any atom is 0.279 e. The average Bonchev–Trinajstić information content (AvgIpc) is 2.67. The van der Waals surface area contributed by atoms with Gasteiger partial charge in [-0.25, -0.2) is 0 Å². The number of hydrogen-bond donors (Lipinski definition) is 2. The summed E-state index contributed by atoms with van der Waals surface area (Å²) in [4.78, 5) is 24.0. The highest BCUT2D eigenvalue weighted by molar-refractivity contribution is 5.85. The highest BCUT2D eigenvalue weighted by Gasteiger charge is 2.17. The molecule has 0 aliphatic rings. The molecule has 0 unspecified atom stereocenters. The van der Waals surface area contributed by atoms with Crippen LogP contribution in [0.5, 0.6) is 17.2 Å². The summed E-state index contributed by atoms with van der Waals surface area (Å²) in [5.41, 5.74) is 6.50. The summed E-state index contributed by atoms with van der Waals surface area (Å²) >= 11 is 0. The predicted molar refractivity (Wildman–Crippen MR) is 101 cm³/mol. The Hall–Kier alpha value is -3.22. The van der Waals surface area contributed by atoms with Crippen LogP contribution < -0.4 is 25.1 Å². The number of aryl methyl sites for hydroxylation is 2. The summed E-state index contributed by atoms with van der Waals surface area (Å²) in [6.07, 6.45) is -0.778. The van der Waals surface area contributed by atoms with E-state index < -0.39 is 17.9 Å². The minimum atomic E-state index is -0.778. The molecule has 2 N–H and O–H groups in total. The first kappa shape index (κ1) is 20.1. The molecule has 0 aliphatic carbocycles. The summed E-state index contributed by atoms with van der Waals surface area (Å²) < 4.78 is 16.2. The fourth-order valence-corrected chi connectivity index (χ4v) is 2.37. The molecular weight excluding hydrogens is 348 g/mol. The fourth-order valence-electron chi connectivity index (χ4n) is 2.37. The molecule has 144 valence electrons. The maximum absolute atomic E-state index is 12.1. The third-order valence-corrected chi connectivity index (χ3v) is 3.83. The molecule has 7 heteroatoms. The van der Waals surface area contributed by atoms with Crippen LogP contribution in [0.15, 0.2) is 42.5 Å². The van der Waals surface area contributed by atoms with Gasteiger partial charge in [0.15, 0.2) is 24.2 Å². The molecule has 0 radical (unpaired) electrons. The molecule has 0 heterocycles. The molecule has 0 aromatic heterocycles. The van der Waals surface area contributed by atoms with E-state index in [-0.39, 0.29) is 6.61 Å². The largest absolute Gasteiger partial charge is 0.493 e. The number of hydrazine groups is 1. The van der Waals surface area contributed by atoms with Gasteiger partial charge in [0.2, 0.25) is 0 Å². The first-order valence-electron chi connectivity index (χ1n) is 8.49. The van der Waals surface area contributed by atoms with E-state index in [9.17, 15) is 9.59 Å². The third kappa shape index (κ3) is 5.64. The van der Waals surface area contributed by atoms with Crippen molar-refractivity contribution >= 4 is 11.8 Å². The number of methoxy groups -OCH3 is 1. The number of amides is 2. The molecule has 0 aliphatic heterocycles. The van der Waals surface area contributed by atoms with Crippen molar-refractivity contribution in [2.75, 3.05) is 13.7 Å². The van der Waals surface area contributed by atoms with Crippen LogP contribution in [0.4, 0.5) is 0 Å². The van der Waals surface area contributed by atoms with E-state index in [0.717, 1.165) is 11.1 Å². The first-order valence-corrected chi connectivity index (χ1v) is 8.49. The summed E-state index contributed by atoms with van der Waals surface area (Å²) in [6.45, 7) is 5.15. The van der Waals surface area contributed by atoms with Crippen LogP contribution >= 0.6 is 0 Å². The number of hydrogen-bond acceptors (Lipinski definition) is 5. The monoisotopic (exact) mass is 372 g/mol. The van der Waals surface area contributed by atoms with Crippen LogP contribution in [0.25, 0.3) is 0 Å². The number of ether oxygens (including phenoxy) is 3. The summed E-state index contributed by atoms with van der Waals surface area (Å²) in [6, 6.07) is 12.7. The van der Waals surface area contributed by atoms with Gasteiger partial charge in [0, 0.05) is 0 Å². The van der Waals surface area contributed by atoms with E-state index in [2.05, 4.69) is 10.9 Å². The molecule has 2 rings (SSSR count). The summed E-state index contributed by atoms with van der Waals surface area (Å²) in [7, 11) is 1.51. The van der Waals surface area contributed by atoms with Crippen LogP contribution in [0, 0.1) is 13.8 Å². The molecule has 27 heavy (non-hydrogen) atoms. The standard InChI is InChI=1S/C20H24N2O5/c1-13-8-7-9-14(2)19(13)27-15(3)20(24)22-21-18(23)12-26-17-11-6-5-10-16(17)25-4/h5-11,15H,12H2,1-4H3,(H,21,23)(H,22,24)/t15-/m1/s1. The number of carbonyl (C=O) groups excluding carboxylic acids is 2. The Bertz CT molecular complexity index is 786.